The topological polar surface area (TPSA) is 171 Å². The fourth-order valence-corrected chi connectivity index (χ4v) is 3.60. The standard InChI is InChI=1S/C22H33N5O8/c1-15-4-3-5-16(24-15)14-27-13-12-26(2)11-10-23-17(6-8-19(28)29)21(32)34-25-35-22(33)18(27)7-9-20(30)31/h3-5,17-18,23,25H,6-14H2,1-2H3,(H,28,29)(H,30,31). The van der Waals surface area contributed by atoms with Gasteiger partial charge in [0.2, 0.25) is 0 Å². The second kappa shape index (κ2) is 14.3. The predicted octanol–water partition coefficient (Wildman–Crippen LogP) is -0.300. The zero-order valence-electron chi connectivity index (χ0n) is 19.9. The van der Waals surface area contributed by atoms with Crippen LogP contribution in [0.15, 0.2) is 18.2 Å². The zero-order valence-corrected chi connectivity index (χ0v) is 19.9. The number of aryl methyl sites for hydroxylation is 1. The summed E-state index contributed by atoms with van der Waals surface area (Å²) in [5.74, 6) is -3.77. The van der Waals surface area contributed by atoms with Crippen LogP contribution in [0.4, 0.5) is 0 Å². The Morgan fingerprint density at radius 2 is 1.74 bits per heavy atom. The molecule has 1 aliphatic heterocycles. The minimum absolute atomic E-state index is 0.00792. The van der Waals surface area contributed by atoms with Gasteiger partial charge in [-0.2, -0.15) is 0 Å². The molecule has 0 amide bonds. The number of rotatable bonds is 8. The number of carboxylic acids is 2. The molecule has 1 saturated heterocycles. The Kier molecular flexibility index (Phi) is 11.5. The van der Waals surface area contributed by atoms with Gasteiger partial charge in [0, 0.05) is 56.9 Å². The Morgan fingerprint density at radius 3 is 2.43 bits per heavy atom. The molecule has 2 unspecified atom stereocenters. The van der Waals surface area contributed by atoms with Crippen molar-refractivity contribution in [3.63, 3.8) is 0 Å². The zero-order chi connectivity index (χ0) is 25.8. The van der Waals surface area contributed by atoms with E-state index in [0.29, 0.717) is 31.9 Å². The van der Waals surface area contributed by atoms with Crippen molar-refractivity contribution in [3.05, 3.63) is 29.6 Å². The lowest BCUT2D eigenvalue weighted by molar-refractivity contribution is -0.204. The molecule has 2 atom stereocenters. The van der Waals surface area contributed by atoms with E-state index in [1.54, 1.807) is 4.90 Å². The highest BCUT2D eigenvalue weighted by Crippen LogP contribution is 2.14. The smallest absolute Gasteiger partial charge is 0.345 e. The van der Waals surface area contributed by atoms with Crippen LogP contribution in [0.25, 0.3) is 0 Å². The van der Waals surface area contributed by atoms with E-state index in [2.05, 4.69) is 10.3 Å². The van der Waals surface area contributed by atoms with Crippen LogP contribution < -0.4 is 11.0 Å². The number of hydrogen-bond acceptors (Lipinski definition) is 11. The maximum Gasteiger partial charge on any atom is 0.345 e. The van der Waals surface area contributed by atoms with Crippen molar-refractivity contribution in [2.24, 2.45) is 0 Å². The van der Waals surface area contributed by atoms with Crippen LogP contribution in [0.2, 0.25) is 0 Å². The highest BCUT2D eigenvalue weighted by molar-refractivity contribution is 5.78. The van der Waals surface area contributed by atoms with E-state index >= 15 is 0 Å². The number of hydrogen-bond donors (Lipinski definition) is 4. The highest BCUT2D eigenvalue weighted by Gasteiger charge is 2.30. The third kappa shape index (κ3) is 10.3. The van der Waals surface area contributed by atoms with Gasteiger partial charge in [-0.3, -0.25) is 19.5 Å². The van der Waals surface area contributed by atoms with E-state index < -0.39 is 36.0 Å². The molecular formula is C22H33N5O8. The summed E-state index contributed by atoms with van der Waals surface area (Å²) in [4.78, 5) is 65.5. The third-order valence-electron chi connectivity index (χ3n) is 5.52. The molecule has 13 nitrogen and oxygen atoms in total. The van der Waals surface area contributed by atoms with Crippen LogP contribution in [-0.2, 0) is 35.4 Å². The van der Waals surface area contributed by atoms with Gasteiger partial charge in [-0.1, -0.05) is 6.07 Å². The first-order chi connectivity index (χ1) is 16.7. The van der Waals surface area contributed by atoms with Crippen LogP contribution in [0, 0.1) is 6.92 Å². The van der Waals surface area contributed by atoms with Gasteiger partial charge < -0.3 is 30.1 Å². The van der Waals surface area contributed by atoms with E-state index in [9.17, 15) is 24.3 Å². The van der Waals surface area contributed by atoms with Gasteiger partial charge in [-0.15, -0.1) is 0 Å². The SMILES string of the molecule is Cc1cccc(CN2CCN(C)CCNC(CCC(=O)O)C(=O)ONOC(=O)C2CCC(=O)O)n1. The summed E-state index contributed by atoms with van der Waals surface area (Å²) < 4.78 is 0. The van der Waals surface area contributed by atoms with Gasteiger partial charge in [0.15, 0.2) is 0 Å². The molecule has 1 aromatic heterocycles. The first-order valence-electron chi connectivity index (χ1n) is 11.3. The molecule has 1 aliphatic rings. The maximum absolute atomic E-state index is 12.9. The van der Waals surface area contributed by atoms with Gasteiger partial charge in [0.1, 0.15) is 12.1 Å². The van der Waals surface area contributed by atoms with Crippen molar-refractivity contribution in [1.82, 2.24) is 25.7 Å². The van der Waals surface area contributed by atoms with Gasteiger partial charge in [0.25, 0.3) is 0 Å². The molecule has 2 rings (SSSR count). The normalized spacial score (nSPS) is 21.5. The Labute approximate surface area is 203 Å². The first kappa shape index (κ1) is 28.1. The first-order valence-corrected chi connectivity index (χ1v) is 11.3. The van der Waals surface area contributed by atoms with Crippen molar-refractivity contribution in [1.29, 1.82) is 0 Å². The molecule has 0 saturated carbocycles. The molecule has 0 aromatic carbocycles. The van der Waals surface area contributed by atoms with Crippen LogP contribution in [0.3, 0.4) is 0 Å². The molecular weight excluding hydrogens is 462 g/mol. The van der Waals surface area contributed by atoms with E-state index in [0.717, 1.165) is 5.69 Å². The lowest BCUT2D eigenvalue weighted by Crippen LogP contribution is -2.49. The molecule has 0 spiro atoms. The molecule has 1 aromatic rings. The summed E-state index contributed by atoms with van der Waals surface area (Å²) in [6.07, 6.45) is -0.552. The van der Waals surface area contributed by atoms with E-state index in [1.165, 1.54) is 0 Å². The monoisotopic (exact) mass is 495 g/mol. The van der Waals surface area contributed by atoms with Gasteiger partial charge in [-0.05, 0) is 38.9 Å². The number of carbonyl (C=O) groups is 4. The molecule has 13 heteroatoms. The summed E-state index contributed by atoms with van der Waals surface area (Å²) in [7, 11) is 1.87. The Hall–Kier alpha value is -3.13. The van der Waals surface area contributed by atoms with E-state index in [1.807, 2.05) is 42.7 Å². The predicted molar refractivity (Wildman–Crippen MR) is 122 cm³/mol. The van der Waals surface area contributed by atoms with Crippen molar-refractivity contribution in [2.75, 3.05) is 33.2 Å². The van der Waals surface area contributed by atoms with Crippen molar-refractivity contribution >= 4 is 23.9 Å². The molecule has 1 fully saturated rings. The molecule has 35 heavy (non-hydrogen) atoms. The second-order valence-corrected chi connectivity index (χ2v) is 8.36. The van der Waals surface area contributed by atoms with E-state index in [4.69, 9.17) is 14.8 Å². The lowest BCUT2D eigenvalue weighted by atomic mass is 10.1. The minimum atomic E-state index is -1.06. The summed E-state index contributed by atoms with van der Waals surface area (Å²) in [6, 6.07) is 3.66. The largest absolute Gasteiger partial charge is 0.481 e. The number of nitrogens with zero attached hydrogens (tertiary/aromatic N) is 3. The highest BCUT2D eigenvalue weighted by atomic mass is 16.9. The molecule has 0 radical (unpaired) electrons. The van der Waals surface area contributed by atoms with Crippen LogP contribution in [-0.4, -0.2) is 94.2 Å². The fourth-order valence-electron chi connectivity index (χ4n) is 3.60. The third-order valence-corrected chi connectivity index (χ3v) is 5.52. The van der Waals surface area contributed by atoms with E-state index in [-0.39, 0.29) is 32.2 Å². The summed E-state index contributed by atoms with van der Waals surface area (Å²) in [6.45, 7) is 3.99. The second-order valence-electron chi connectivity index (χ2n) is 8.36. The molecule has 194 valence electrons. The Bertz CT molecular complexity index is 883. The van der Waals surface area contributed by atoms with Crippen LogP contribution in [0.5, 0.6) is 0 Å². The molecule has 0 aliphatic carbocycles. The number of likely N-dealkylation sites (N-methyl/N-ethyl adjacent to an activating group) is 1. The number of carbonyl (C=O) groups excluding carboxylic acids is 2. The van der Waals surface area contributed by atoms with Crippen molar-refractivity contribution < 1.29 is 39.1 Å². The fraction of sp³-hybridized carbons (Fsp3) is 0.591. The molecule has 2 heterocycles. The summed E-state index contributed by atoms with van der Waals surface area (Å²) in [5.41, 5.74) is 3.41. The van der Waals surface area contributed by atoms with Crippen LogP contribution in [0.1, 0.15) is 37.1 Å². The van der Waals surface area contributed by atoms with Crippen LogP contribution >= 0.6 is 0 Å². The van der Waals surface area contributed by atoms with Crippen molar-refractivity contribution in [3.8, 4) is 0 Å². The Morgan fingerprint density at radius 1 is 1.06 bits per heavy atom. The number of pyridine rings is 1. The Balaban J connectivity index is 2.21. The maximum atomic E-state index is 12.9. The quantitative estimate of drug-likeness (QED) is 0.371. The summed E-state index contributed by atoms with van der Waals surface area (Å²) in [5, 5.41) is 21.1. The number of carboxylic acid groups (broad SMARTS) is 2. The number of aliphatic carboxylic acids is 2. The summed E-state index contributed by atoms with van der Waals surface area (Å²) >= 11 is 0. The number of aromatic nitrogens is 1. The van der Waals surface area contributed by atoms with Crippen molar-refractivity contribution in [2.45, 2.75) is 51.2 Å². The molecule has 0 bridgehead atoms. The average molecular weight is 496 g/mol. The molecule has 4 N–H and O–H groups in total. The van der Waals surface area contributed by atoms with Gasteiger partial charge >= 0.3 is 23.9 Å². The van der Waals surface area contributed by atoms with Gasteiger partial charge in [0.05, 0.1) is 5.69 Å². The lowest BCUT2D eigenvalue weighted by Gasteiger charge is -2.31. The van der Waals surface area contributed by atoms with Gasteiger partial charge in [-0.25, -0.2) is 9.59 Å². The number of nitrogens with one attached hydrogen (secondary N) is 2. The average Bonchev–Trinajstić information content (AvgIpc) is 2.78. The minimum Gasteiger partial charge on any atom is -0.481 e.